The van der Waals surface area contributed by atoms with Gasteiger partial charge in [0.25, 0.3) is 5.91 Å². The molecule has 96 valence electrons. The number of hydrogen-bond donors (Lipinski definition) is 0. The number of ether oxygens (including phenoxy) is 1. The lowest BCUT2D eigenvalue weighted by molar-refractivity contribution is 0.0118. The van der Waals surface area contributed by atoms with E-state index in [9.17, 15) is 4.79 Å². The van der Waals surface area contributed by atoms with Crippen molar-refractivity contribution in [3.8, 4) is 0 Å². The van der Waals surface area contributed by atoms with Crippen LogP contribution >= 0.6 is 0 Å². The Morgan fingerprint density at radius 2 is 2.50 bits per heavy atom. The molecule has 1 aromatic rings. The van der Waals surface area contributed by atoms with Gasteiger partial charge in [0.2, 0.25) is 0 Å². The van der Waals surface area contributed by atoms with E-state index in [1.807, 2.05) is 11.0 Å². The van der Waals surface area contributed by atoms with Gasteiger partial charge in [-0.1, -0.05) is 6.92 Å². The van der Waals surface area contributed by atoms with E-state index in [0.29, 0.717) is 11.5 Å². The third kappa shape index (κ3) is 2.01. The highest BCUT2D eigenvalue weighted by atomic mass is 16.5. The number of aromatic nitrogens is 1. The Balaban J connectivity index is 1.71. The number of nitrogens with zero attached hydrogens (tertiary/aromatic N) is 2. The van der Waals surface area contributed by atoms with Crippen LogP contribution in [0.15, 0.2) is 24.5 Å². The molecule has 0 N–H and O–H groups in total. The summed E-state index contributed by atoms with van der Waals surface area (Å²) in [6, 6.07) is 3.62. The molecule has 1 amide bonds. The predicted octanol–water partition coefficient (Wildman–Crippen LogP) is 1.72. The van der Waals surface area contributed by atoms with Crippen LogP contribution in [0.5, 0.6) is 0 Å². The smallest absolute Gasteiger partial charge is 0.255 e. The maximum Gasteiger partial charge on any atom is 0.255 e. The van der Waals surface area contributed by atoms with Gasteiger partial charge in [-0.3, -0.25) is 9.78 Å². The van der Waals surface area contributed by atoms with E-state index < -0.39 is 0 Å². The van der Waals surface area contributed by atoms with E-state index in [2.05, 4.69) is 11.9 Å². The minimum Gasteiger partial charge on any atom is -0.373 e. The van der Waals surface area contributed by atoms with E-state index in [1.54, 1.807) is 18.5 Å². The molecule has 0 aliphatic carbocycles. The van der Waals surface area contributed by atoms with Crippen molar-refractivity contribution in [1.82, 2.24) is 9.88 Å². The van der Waals surface area contributed by atoms with E-state index in [1.165, 1.54) is 0 Å². The van der Waals surface area contributed by atoms with Gasteiger partial charge >= 0.3 is 0 Å². The summed E-state index contributed by atoms with van der Waals surface area (Å²) in [5, 5.41) is 0. The predicted molar refractivity (Wildman–Crippen MR) is 67.2 cm³/mol. The second-order valence-corrected chi connectivity index (χ2v) is 5.52. The van der Waals surface area contributed by atoms with Gasteiger partial charge in [0, 0.05) is 18.9 Å². The minimum atomic E-state index is -0.0721. The Morgan fingerprint density at radius 1 is 1.61 bits per heavy atom. The van der Waals surface area contributed by atoms with Gasteiger partial charge in [-0.25, -0.2) is 0 Å². The largest absolute Gasteiger partial charge is 0.373 e. The summed E-state index contributed by atoms with van der Waals surface area (Å²) in [6.45, 7) is 4.56. The number of carbonyl (C=O) groups excluding carboxylic acids is 1. The standard InChI is InChI=1S/C14H18N2O2/c1-11-7-14(18-9-11)4-6-16(10-14)13(17)12-3-2-5-15-8-12/h2-3,5,8,11H,4,6-7,9-10H2,1H3/t11-,14+/m1/s1. The Hall–Kier alpha value is -1.42. The minimum absolute atomic E-state index is 0.0721. The Morgan fingerprint density at radius 3 is 3.17 bits per heavy atom. The number of carbonyl (C=O) groups is 1. The summed E-state index contributed by atoms with van der Waals surface area (Å²) in [5.41, 5.74) is 0.595. The Bertz CT molecular complexity index is 448. The first-order chi connectivity index (χ1) is 8.69. The third-order valence-electron chi connectivity index (χ3n) is 3.91. The van der Waals surface area contributed by atoms with Crippen molar-refractivity contribution in [2.75, 3.05) is 19.7 Å². The van der Waals surface area contributed by atoms with Crippen LogP contribution in [-0.4, -0.2) is 41.1 Å². The van der Waals surface area contributed by atoms with Gasteiger partial charge in [-0.15, -0.1) is 0 Å². The molecular weight excluding hydrogens is 228 g/mol. The van der Waals surface area contributed by atoms with Crippen LogP contribution < -0.4 is 0 Å². The maximum absolute atomic E-state index is 12.3. The quantitative estimate of drug-likeness (QED) is 0.757. The molecule has 1 aromatic heterocycles. The first-order valence-electron chi connectivity index (χ1n) is 6.52. The highest BCUT2D eigenvalue weighted by Crippen LogP contribution is 2.37. The fourth-order valence-corrected chi connectivity index (χ4v) is 3.05. The highest BCUT2D eigenvalue weighted by molar-refractivity contribution is 5.94. The molecule has 2 aliphatic rings. The van der Waals surface area contributed by atoms with Gasteiger partial charge in [0.05, 0.1) is 24.3 Å². The normalized spacial score (nSPS) is 31.2. The average molecular weight is 246 g/mol. The molecule has 2 fully saturated rings. The van der Waals surface area contributed by atoms with Gasteiger partial charge < -0.3 is 9.64 Å². The van der Waals surface area contributed by atoms with Crippen LogP contribution in [-0.2, 0) is 4.74 Å². The fourth-order valence-electron chi connectivity index (χ4n) is 3.05. The molecule has 4 nitrogen and oxygen atoms in total. The summed E-state index contributed by atoms with van der Waals surface area (Å²) in [6.07, 6.45) is 5.35. The summed E-state index contributed by atoms with van der Waals surface area (Å²) >= 11 is 0. The maximum atomic E-state index is 12.3. The molecule has 18 heavy (non-hydrogen) atoms. The molecular formula is C14H18N2O2. The second kappa shape index (κ2) is 4.35. The number of amides is 1. The van der Waals surface area contributed by atoms with Gasteiger partial charge in [-0.2, -0.15) is 0 Å². The summed E-state index contributed by atoms with van der Waals surface area (Å²) in [4.78, 5) is 18.2. The molecule has 0 unspecified atom stereocenters. The molecule has 3 rings (SSSR count). The number of likely N-dealkylation sites (tertiary alicyclic amines) is 1. The molecule has 1 spiro atoms. The van der Waals surface area contributed by atoms with E-state index in [0.717, 1.165) is 32.5 Å². The lowest BCUT2D eigenvalue weighted by atomic mass is 9.94. The van der Waals surface area contributed by atoms with Crippen LogP contribution in [0.3, 0.4) is 0 Å². The van der Waals surface area contributed by atoms with Crippen LogP contribution in [0.25, 0.3) is 0 Å². The van der Waals surface area contributed by atoms with Crippen LogP contribution in [0.2, 0.25) is 0 Å². The van der Waals surface area contributed by atoms with Gasteiger partial charge in [0.1, 0.15) is 0 Å². The SMILES string of the molecule is C[C@H]1CO[C@@]2(CCN(C(=O)c3cccnc3)C2)C1. The molecule has 2 aliphatic heterocycles. The third-order valence-corrected chi connectivity index (χ3v) is 3.91. The first-order valence-corrected chi connectivity index (χ1v) is 6.52. The Labute approximate surface area is 107 Å². The topological polar surface area (TPSA) is 42.4 Å². The van der Waals surface area contributed by atoms with Crippen molar-refractivity contribution in [3.05, 3.63) is 30.1 Å². The van der Waals surface area contributed by atoms with Gasteiger partial charge in [-0.05, 0) is 30.9 Å². The zero-order chi connectivity index (χ0) is 12.6. The van der Waals surface area contributed by atoms with Crippen molar-refractivity contribution >= 4 is 5.91 Å². The van der Waals surface area contributed by atoms with E-state index >= 15 is 0 Å². The average Bonchev–Trinajstić information content (AvgIpc) is 2.97. The zero-order valence-corrected chi connectivity index (χ0v) is 10.6. The van der Waals surface area contributed by atoms with Crippen LogP contribution in [0.4, 0.5) is 0 Å². The molecule has 3 heterocycles. The zero-order valence-electron chi connectivity index (χ0n) is 10.6. The first kappa shape index (κ1) is 11.7. The molecule has 0 bridgehead atoms. The number of hydrogen-bond acceptors (Lipinski definition) is 3. The van der Waals surface area contributed by atoms with Crippen molar-refractivity contribution < 1.29 is 9.53 Å². The summed E-state index contributed by atoms with van der Waals surface area (Å²) < 4.78 is 5.92. The van der Waals surface area contributed by atoms with Crippen molar-refractivity contribution in [3.63, 3.8) is 0 Å². The molecule has 4 heteroatoms. The molecule has 2 saturated heterocycles. The van der Waals surface area contributed by atoms with Crippen LogP contribution in [0.1, 0.15) is 30.1 Å². The number of rotatable bonds is 1. The van der Waals surface area contributed by atoms with Crippen molar-refractivity contribution in [2.45, 2.75) is 25.4 Å². The molecule has 0 aromatic carbocycles. The highest BCUT2D eigenvalue weighted by Gasteiger charge is 2.45. The van der Waals surface area contributed by atoms with Crippen molar-refractivity contribution in [1.29, 1.82) is 0 Å². The monoisotopic (exact) mass is 246 g/mol. The van der Waals surface area contributed by atoms with E-state index in [4.69, 9.17) is 4.74 Å². The lowest BCUT2D eigenvalue weighted by Crippen LogP contribution is -2.35. The Kier molecular flexibility index (Phi) is 2.82. The lowest BCUT2D eigenvalue weighted by Gasteiger charge is -2.23. The molecule has 0 saturated carbocycles. The van der Waals surface area contributed by atoms with E-state index in [-0.39, 0.29) is 11.5 Å². The summed E-state index contributed by atoms with van der Waals surface area (Å²) in [5.74, 6) is 0.682. The van der Waals surface area contributed by atoms with Gasteiger partial charge in [0.15, 0.2) is 0 Å². The molecule has 0 radical (unpaired) electrons. The van der Waals surface area contributed by atoms with Crippen molar-refractivity contribution in [2.24, 2.45) is 5.92 Å². The number of pyridine rings is 1. The fraction of sp³-hybridized carbons (Fsp3) is 0.571. The van der Waals surface area contributed by atoms with Crippen LogP contribution in [0, 0.1) is 5.92 Å². The second-order valence-electron chi connectivity index (χ2n) is 5.52. The molecule has 2 atom stereocenters. The summed E-state index contributed by atoms with van der Waals surface area (Å²) in [7, 11) is 0.